The van der Waals surface area contributed by atoms with Gasteiger partial charge in [-0.05, 0) is 29.8 Å². The molecule has 1 aliphatic heterocycles. The first-order valence-electron chi connectivity index (χ1n) is 6.63. The molecule has 2 aromatic carbocycles. The maximum Gasteiger partial charge on any atom is 0.238 e. The second kappa shape index (κ2) is 6.52. The molecule has 1 unspecified atom stereocenters. The van der Waals surface area contributed by atoms with E-state index in [1.165, 1.54) is 0 Å². The van der Waals surface area contributed by atoms with E-state index in [0.29, 0.717) is 22.2 Å². The number of methoxy groups -OCH3 is 1. The number of benzene rings is 2. The van der Waals surface area contributed by atoms with E-state index in [0.717, 1.165) is 10.0 Å². The van der Waals surface area contributed by atoms with E-state index < -0.39 is 0 Å². The molecular weight excluding hydrogens is 386 g/mol. The zero-order valence-corrected chi connectivity index (χ0v) is 14.9. The summed E-state index contributed by atoms with van der Waals surface area (Å²) in [4.78, 5) is 14.2. The van der Waals surface area contributed by atoms with E-state index in [-0.39, 0.29) is 11.3 Å². The van der Waals surface area contributed by atoms with Gasteiger partial charge < -0.3 is 4.74 Å². The van der Waals surface area contributed by atoms with E-state index in [1.807, 2.05) is 24.3 Å². The number of halogens is 2. The van der Waals surface area contributed by atoms with Gasteiger partial charge in [-0.3, -0.25) is 9.69 Å². The summed E-state index contributed by atoms with van der Waals surface area (Å²) in [6.45, 7) is 0. The Labute approximate surface area is 146 Å². The molecule has 114 valence electrons. The highest BCUT2D eigenvalue weighted by molar-refractivity contribution is 9.10. The van der Waals surface area contributed by atoms with Crippen molar-refractivity contribution >= 4 is 50.9 Å². The summed E-state index contributed by atoms with van der Waals surface area (Å²) in [6, 6.07) is 13.2. The van der Waals surface area contributed by atoms with E-state index in [9.17, 15) is 4.79 Å². The predicted molar refractivity (Wildman–Crippen MR) is 94.8 cm³/mol. The lowest BCUT2D eigenvalue weighted by atomic mass is 10.2. The number of anilines is 1. The predicted octanol–water partition coefficient (Wildman–Crippen LogP) is 4.89. The van der Waals surface area contributed by atoms with Crippen LogP contribution in [0.1, 0.15) is 10.9 Å². The van der Waals surface area contributed by atoms with Crippen molar-refractivity contribution in [2.45, 2.75) is 5.37 Å². The molecule has 2 aromatic rings. The number of carbonyl (C=O) groups is 1. The number of hydrogen-bond donors (Lipinski definition) is 0. The molecule has 0 aromatic heterocycles. The Morgan fingerprint density at radius 3 is 2.82 bits per heavy atom. The summed E-state index contributed by atoms with van der Waals surface area (Å²) in [5.74, 6) is 1.12. The number of amides is 1. The Hall–Kier alpha value is -1.17. The number of thioether (sulfide) groups is 1. The second-order valence-corrected chi connectivity index (χ2v) is 7.12. The molecular formula is C16H13BrClNO2S. The molecule has 1 fully saturated rings. The summed E-state index contributed by atoms with van der Waals surface area (Å²) in [7, 11) is 1.59. The molecule has 0 N–H and O–H groups in total. The fourth-order valence-electron chi connectivity index (χ4n) is 2.44. The molecule has 0 saturated carbocycles. The largest absolute Gasteiger partial charge is 0.495 e. The van der Waals surface area contributed by atoms with Gasteiger partial charge in [-0.25, -0.2) is 0 Å². The molecule has 1 atom stereocenters. The zero-order valence-electron chi connectivity index (χ0n) is 11.8. The summed E-state index contributed by atoms with van der Waals surface area (Å²) in [5.41, 5.74) is 1.76. The highest BCUT2D eigenvalue weighted by Crippen LogP contribution is 2.47. The number of rotatable bonds is 3. The standard InChI is InChI=1S/C16H13BrClNO2S/c1-21-14-7-6-10(18)8-13(14)19-15(20)9-22-16(19)11-4-2-3-5-12(11)17/h2-8,16H,9H2,1H3. The monoisotopic (exact) mass is 397 g/mol. The van der Waals surface area contributed by atoms with Crippen molar-refractivity contribution in [1.82, 2.24) is 0 Å². The normalized spacial score (nSPS) is 17.9. The zero-order chi connectivity index (χ0) is 15.7. The van der Waals surface area contributed by atoms with Gasteiger partial charge in [-0.1, -0.05) is 45.7 Å². The van der Waals surface area contributed by atoms with Crippen molar-refractivity contribution in [1.29, 1.82) is 0 Å². The van der Waals surface area contributed by atoms with E-state index in [2.05, 4.69) is 15.9 Å². The first kappa shape index (κ1) is 15.7. The Morgan fingerprint density at radius 1 is 1.32 bits per heavy atom. The van der Waals surface area contributed by atoms with Gasteiger partial charge in [-0.2, -0.15) is 0 Å². The second-order valence-electron chi connectivity index (χ2n) is 4.76. The van der Waals surface area contributed by atoms with Gasteiger partial charge in [0.2, 0.25) is 5.91 Å². The lowest BCUT2D eigenvalue weighted by Gasteiger charge is -2.26. The number of hydrogen-bond acceptors (Lipinski definition) is 3. The molecule has 22 heavy (non-hydrogen) atoms. The number of ether oxygens (including phenoxy) is 1. The van der Waals surface area contributed by atoms with E-state index in [1.54, 1.807) is 42.0 Å². The Morgan fingerprint density at radius 2 is 2.09 bits per heavy atom. The van der Waals surface area contributed by atoms with E-state index in [4.69, 9.17) is 16.3 Å². The van der Waals surface area contributed by atoms with Crippen LogP contribution >= 0.6 is 39.3 Å². The summed E-state index contributed by atoms with van der Waals surface area (Å²) < 4.78 is 6.38. The van der Waals surface area contributed by atoms with Crippen LogP contribution in [-0.2, 0) is 4.79 Å². The minimum absolute atomic E-state index is 0.0475. The maximum atomic E-state index is 12.4. The minimum atomic E-state index is -0.101. The summed E-state index contributed by atoms with van der Waals surface area (Å²) in [6.07, 6.45) is 0. The van der Waals surface area contributed by atoms with Crippen LogP contribution in [-0.4, -0.2) is 18.8 Å². The van der Waals surface area contributed by atoms with Gasteiger partial charge in [0.15, 0.2) is 0 Å². The van der Waals surface area contributed by atoms with Gasteiger partial charge in [-0.15, -0.1) is 11.8 Å². The number of carbonyl (C=O) groups excluding carboxylic acids is 1. The van der Waals surface area contributed by atoms with Crippen LogP contribution in [0.15, 0.2) is 46.9 Å². The third-order valence-electron chi connectivity index (χ3n) is 3.44. The van der Waals surface area contributed by atoms with Crippen LogP contribution in [0.25, 0.3) is 0 Å². The molecule has 6 heteroatoms. The van der Waals surface area contributed by atoms with Crippen molar-refractivity contribution in [2.24, 2.45) is 0 Å². The third-order valence-corrected chi connectivity index (χ3v) is 5.59. The van der Waals surface area contributed by atoms with Gasteiger partial charge in [0.25, 0.3) is 0 Å². The lowest BCUT2D eigenvalue weighted by molar-refractivity contribution is -0.115. The van der Waals surface area contributed by atoms with Crippen molar-refractivity contribution in [2.75, 3.05) is 17.8 Å². The smallest absolute Gasteiger partial charge is 0.238 e. The van der Waals surface area contributed by atoms with Crippen LogP contribution in [0, 0.1) is 0 Å². The lowest BCUT2D eigenvalue weighted by Crippen LogP contribution is -2.28. The molecule has 1 amide bonds. The number of nitrogens with zero attached hydrogens (tertiary/aromatic N) is 1. The molecule has 0 bridgehead atoms. The van der Waals surface area contributed by atoms with Crippen LogP contribution in [0.2, 0.25) is 5.02 Å². The van der Waals surface area contributed by atoms with Crippen LogP contribution in [0.4, 0.5) is 5.69 Å². The molecule has 0 aliphatic carbocycles. The molecule has 0 spiro atoms. The van der Waals surface area contributed by atoms with Crippen molar-refractivity contribution < 1.29 is 9.53 Å². The Bertz CT molecular complexity index is 725. The van der Waals surface area contributed by atoms with Gasteiger partial charge in [0, 0.05) is 9.50 Å². The Kier molecular flexibility index (Phi) is 4.66. The highest BCUT2D eigenvalue weighted by Gasteiger charge is 2.36. The summed E-state index contributed by atoms with van der Waals surface area (Å²) in [5, 5.41) is 0.474. The van der Waals surface area contributed by atoms with Gasteiger partial charge in [0.1, 0.15) is 11.1 Å². The average Bonchev–Trinajstić information content (AvgIpc) is 2.89. The Balaban J connectivity index is 2.09. The molecule has 1 saturated heterocycles. The van der Waals surface area contributed by atoms with Gasteiger partial charge in [0.05, 0.1) is 18.6 Å². The van der Waals surface area contributed by atoms with Gasteiger partial charge >= 0.3 is 0 Å². The molecule has 1 heterocycles. The average molecular weight is 399 g/mol. The molecule has 3 nitrogen and oxygen atoms in total. The van der Waals surface area contributed by atoms with Crippen LogP contribution in [0.3, 0.4) is 0 Å². The first-order chi connectivity index (χ1) is 10.6. The molecule has 1 aliphatic rings. The molecule has 0 radical (unpaired) electrons. The third kappa shape index (κ3) is 2.85. The van der Waals surface area contributed by atoms with Crippen molar-refractivity contribution in [3.8, 4) is 5.75 Å². The molecule has 3 rings (SSSR count). The van der Waals surface area contributed by atoms with Crippen LogP contribution < -0.4 is 9.64 Å². The van der Waals surface area contributed by atoms with Crippen molar-refractivity contribution in [3.05, 3.63) is 57.5 Å². The van der Waals surface area contributed by atoms with Crippen LogP contribution in [0.5, 0.6) is 5.75 Å². The fraction of sp³-hybridized carbons (Fsp3) is 0.188. The minimum Gasteiger partial charge on any atom is -0.495 e. The quantitative estimate of drug-likeness (QED) is 0.737. The first-order valence-corrected chi connectivity index (χ1v) is 8.85. The fourth-order valence-corrected chi connectivity index (χ4v) is 4.47. The summed E-state index contributed by atoms with van der Waals surface area (Å²) >= 11 is 11.3. The SMILES string of the molecule is COc1ccc(Cl)cc1N1C(=O)CSC1c1ccccc1Br. The topological polar surface area (TPSA) is 29.5 Å². The van der Waals surface area contributed by atoms with Crippen molar-refractivity contribution in [3.63, 3.8) is 0 Å². The maximum absolute atomic E-state index is 12.4. The highest BCUT2D eigenvalue weighted by atomic mass is 79.9. The van der Waals surface area contributed by atoms with E-state index >= 15 is 0 Å².